The van der Waals surface area contributed by atoms with Crippen LogP contribution in [0.25, 0.3) is 0 Å². The lowest BCUT2D eigenvalue weighted by Gasteiger charge is -2.15. The number of hydrogen-bond donors (Lipinski definition) is 2. The van der Waals surface area contributed by atoms with Crippen molar-refractivity contribution in [1.29, 1.82) is 0 Å². The second-order valence-electron chi connectivity index (χ2n) is 5.50. The van der Waals surface area contributed by atoms with Gasteiger partial charge in [0.05, 0.1) is 5.41 Å². The molecule has 2 unspecified atom stereocenters. The van der Waals surface area contributed by atoms with Crippen LogP contribution in [-0.2, 0) is 9.59 Å². The van der Waals surface area contributed by atoms with E-state index in [1.165, 1.54) is 0 Å². The number of rotatable bonds is 5. The molecular weight excluding hydrogens is 242 g/mol. The fourth-order valence-electron chi connectivity index (χ4n) is 2.38. The summed E-state index contributed by atoms with van der Waals surface area (Å²) in [6.45, 7) is 3.80. The minimum atomic E-state index is -0.828. The Bertz CT molecular complexity index is 483. The van der Waals surface area contributed by atoms with Gasteiger partial charge in [0.25, 0.3) is 0 Å². The first-order chi connectivity index (χ1) is 8.97. The van der Waals surface area contributed by atoms with E-state index in [1.807, 2.05) is 30.3 Å². The number of hydrogen-bond acceptors (Lipinski definition) is 2. The lowest BCUT2D eigenvalue weighted by atomic mass is 9.99. The molecule has 0 aromatic heterocycles. The number of benzene rings is 1. The monoisotopic (exact) mass is 261 g/mol. The molecule has 0 heterocycles. The van der Waals surface area contributed by atoms with Gasteiger partial charge in [0.2, 0.25) is 5.91 Å². The number of carbonyl (C=O) groups excluding carboxylic acids is 1. The van der Waals surface area contributed by atoms with Gasteiger partial charge in [-0.1, -0.05) is 44.2 Å². The van der Waals surface area contributed by atoms with Crippen molar-refractivity contribution in [2.45, 2.75) is 26.2 Å². The maximum absolute atomic E-state index is 11.6. The summed E-state index contributed by atoms with van der Waals surface area (Å²) in [5, 5.41) is 12.2. The lowest BCUT2D eigenvalue weighted by molar-refractivity contribution is -0.143. The zero-order valence-corrected chi connectivity index (χ0v) is 11.2. The Hall–Kier alpha value is -1.84. The maximum atomic E-state index is 11.6. The average Bonchev–Trinajstić information content (AvgIpc) is 3.13. The molecule has 2 N–H and O–H groups in total. The van der Waals surface area contributed by atoms with E-state index in [2.05, 4.69) is 5.32 Å². The summed E-state index contributed by atoms with van der Waals surface area (Å²) in [5.41, 5.74) is 0.204. The summed E-state index contributed by atoms with van der Waals surface area (Å²) < 4.78 is 0. The van der Waals surface area contributed by atoms with Crippen LogP contribution in [0.5, 0.6) is 0 Å². The molecular formula is C15H19NO3. The molecule has 2 rings (SSSR count). The number of carbonyl (C=O) groups is 2. The standard InChI is InChI=1S/C15H19NO3/c1-10(2)13(17)16-9-15(14(18)19)8-12(15)11-6-4-3-5-7-11/h3-7,10,12H,8-9H2,1-2H3,(H,16,17)(H,18,19). The Labute approximate surface area is 112 Å². The van der Waals surface area contributed by atoms with Crippen molar-refractivity contribution in [3.8, 4) is 0 Å². The Morgan fingerprint density at radius 3 is 2.53 bits per heavy atom. The van der Waals surface area contributed by atoms with Crippen molar-refractivity contribution in [2.24, 2.45) is 11.3 Å². The van der Waals surface area contributed by atoms with Crippen LogP contribution in [0.2, 0.25) is 0 Å². The number of aliphatic carboxylic acids is 1. The van der Waals surface area contributed by atoms with Crippen molar-refractivity contribution >= 4 is 11.9 Å². The molecule has 19 heavy (non-hydrogen) atoms. The fraction of sp³-hybridized carbons (Fsp3) is 0.467. The molecule has 102 valence electrons. The summed E-state index contributed by atoms with van der Waals surface area (Å²) in [6, 6.07) is 9.62. The topological polar surface area (TPSA) is 66.4 Å². The highest BCUT2D eigenvalue weighted by molar-refractivity contribution is 5.83. The number of nitrogens with one attached hydrogen (secondary N) is 1. The second kappa shape index (κ2) is 5.03. The number of carboxylic acid groups (broad SMARTS) is 1. The van der Waals surface area contributed by atoms with Crippen molar-refractivity contribution in [1.82, 2.24) is 5.32 Å². The smallest absolute Gasteiger partial charge is 0.312 e. The van der Waals surface area contributed by atoms with Gasteiger partial charge in [0.1, 0.15) is 0 Å². The zero-order valence-electron chi connectivity index (χ0n) is 11.2. The molecule has 1 fully saturated rings. The van der Waals surface area contributed by atoms with Crippen molar-refractivity contribution in [3.05, 3.63) is 35.9 Å². The van der Waals surface area contributed by atoms with Crippen molar-refractivity contribution in [2.75, 3.05) is 6.54 Å². The predicted molar refractivity (Wildman–Crippen MR) is 71.7 cm³/mol. The van der Waals surface area contributed by atoms with Gasteiger partial charge in [-0.2, -0.15) is 0 Å². The van der Waals surface area contributed by atoms with E-state index in [4.69, 9.17) is 0 Å². The minimum Gasteiger partial charge on any atom is -0.481 e. The molecule has 1 aromatic rings. The van der Waals surface area contributed by atoms with Gasteiger partial charge in [-0.3, -0.25) is 9.59 Å². The summed E-state index contributed by atoms with van der Waals surface area (Å²) in [6.07, 6.45) is 0.588. The SMILES string of the molecule is CC(C)C(=O)NCC1(C(=O)O)CC1c1ccccc1. The highest BCUT2D eigenvalue weighted by Crippen LogP contribution is 2.59. The van der Waals surface area contributed by atoms with E-state index in [-0.39, 0.29) is 24.3 Å². The molecule has 0 spiro atoms. The summed E-state index contributed by atoms with van der Waals surface area (Å²) in [5.74, 6) is -1.05. The maximum Gasteiger partial charge on any atom is 0.312 e. The predicted octanol–water partition coefficient (Wildman–Crippen LogP) is 2.02. The normalized spacial score (nSPS) is 25.1. The van der Waals surface area contributed by atoms with Crippen LogP contribution in [0.4, 0.5) is 0 Å². The molecule has 0 bridgehead atoms. The number of amides is 1. The van der Waals surface area contributed by atoms with E-state index in [1.54, 1.807) is 13.8 Å². The van der Waals surface area contributed by atoms with E-state index in [9.17, 15) is 14.7 Å². The van der Waals surface area contributed by atoms with Crippen LogP contribution in [-0.4, -0.2) is 23.5 Å². The van der Waals surface area contributed by atoms with Crippen LogP contribution in [0.1, 0.15) is 31.7 Å². The quantitative estimate of drug-likeness (QED) is 0.852. The largest absolute Gasteiger partial charge is 0.481 e. The van der Waals surface area contributed by atoms with Gasteiger partial charge in [0, 0.05) is 18.4 Å². The Balaban J connectivity index is 2.07. The summed E-state index contributed by atoms with van der Waals surface area (Å²) in [4.78, 5) is 23.1. The molecule has 0 saturated heterocycles. The van der Waals surface area contributed by atoms with E-state index < -0.39 is 11.4 Å². The van der Waals surface area contributed by atoms with Crippen molar-refractivity contribution in [3.63, 3.8) is 0 Å². The third-order valence-corrected chi connectivity index (χ3v) is 3.81. The molecule has 1 saturated carbocycles. The average molecular weight is 261 g/mol. The molecule has 1 aromatic carbocycles. The van der Waals surface area contributed by atoms with E-state index >= 15 is 0 Å². The Morgan fingerprint density at radius 2 is 2.00 bits per heavy atom. The van der Waals surface area contributed by atoms with Crippen molar-refractivity contribution < 1.29 is 14.7 Å². The van der Waals surface area contributed by atoms with Crippen LogP contribution < -0.4 is 5.32 Å². The Morgan fingerprint density at radius 1 is 1.37 bits per heavy atom. The van der Waals surface area contributed by atoms with Gasteiger partial charge in [-0.25, -0.2) is 0 Å². The second-order valence-corrected chi connectivity index (χ2v) is 5.50. The molecule has 4 heteroatoms. The third-order valence-electron chi connectivity index (χ3n) is 3.81. The lowest BCUT2D eigenvalue weighted by Crippen LogP contribution is -2.37. The fourth-order valence-corrected chi connectivity index (χ4v) is 2.38. The van der Waals surface area contributed by atoms with Crippen LogP contribution >= 0.6 is 0 Å². The molecule has 1 aliphatic rings. The first-order valence-electron chi connectivity index (χ1n) is 6.53. The molecule has 1 amide bonds. The van der Waals surface area contributed by atoms with Crippen LogP contribution in [0.15, 0.2) is 30.3 Å². The highest BCUT2D eigenvalue weighted by Gasteiger charge is 2.60. The van der Waals surface area contributed by atoms with Gasteiger partial charge in [-0.15, -0.1) is 0 Å². The summed E-state index contributed by atoms with van der Waals surface area (Å²) in [7, 11) is 0. The van der Waals surface area contributed by atoms with E-state index in [0.29, 0.717) is 6.42 Å². The Kier molecular flexibility index (Phi) is 3.60. The van der Waals surface area contributed by atoms with E-state index in [0.717, 1.165) is 5.56 Å². The van der Waals surface area contributed by atoms with Crippen LogP contribution in [0.3, 0.4) is 0 Å². The molecule has 1 aliphatic carbocycles. The molecule has 0 radical (unpaired) electrons. The van der Waals surface area contributed by atoms with Crippen LogP contribution in [0, 0.1) is 11.3 Å². The molecule has 0 aliphatic heterocycles. The number of carboxylic acids is 1. The van der Waals surface area contributed by atoms with Gasteiger partial charge in [-0.05, 0) is 12.0 Å². The van der Waals surface area contributed by atoms with Gasteiger partial charge < -0.3 is 10.4 Å². The minimum absolute atomic E-state index is 0.00124. The highest BCUT2D eigenvalue weighted by atomic mass is 16.4. The molecule has 2 atom stereocenters. The molecule has 4 nitrogen and oxygen atoms in total. The third kappa shape index (κ3) is 2.62. The summed E-state index contributed by atoms with van der Waals surface area (Å²) >= 11 is 0. The zero-order chi connectivity index (χ0) is 14.0. The van der Waals surface area contributed by atoms with Gasteiger partial charge in [0.15, 0.2) is 0 Å². The van der Waals surface area contributed by atoms with Gasteiger partial charge >= 0.3 is 5.97 Å². The first-order valence-corrected chi connectivity index (χ1v) is 6.53. The first kappa shape index (κ1) is 13.6.